The molecule has 2 heteroatoms. The van der Waals surface area contributed by atoms with E-state index in [0.29, 0.717) is 0 Å². The summed E-state index contributed by atoms with van der Waals surface area (Å²) in [6.07, 6.45) is 6.12. The number of hydrogen-bond donors (Lipinski definition) is 1. The summed E-state index contributed by atoms with van der Waals surface area (Å²) in [7, 11) is 0. The number of benzene rings is 1. The van der Waals surface area contributed by atoms with Crippen molar-refractivity contribution in [3.8, 4) is 0 Å². The van der Waals surface area contributed by atoms with Crippen molar-refractivity contribution in [2.24, 2.45) is 11.8 Å². The minimum Gasteiger partial charge on any atom is -0.390 e. The van der Waals surface area contributed by atoms with E-state index < -0.39 is 5.60 Å². The van der Waals surface area contributed by atoms with Crippen LogP contribution in [0.25, 0.3) is 0 Å². The first-order valence-corrected chi connectivity index (χ1v) is 7.83. The molecule has 2 rings (SSSR count). The normalized spacial score (nSPS) is 28.4. The molecule has 1 aromatic rings. The molecule has 1 aliphatic rings. The third-order valence-electron chi connectivity index (χ3n) is 4.56. The van der Waals surface area contributed by atoms with Crippen molar-refractivity contribution >= 4 is 11.6 Å². The van der Waals surface area contributed by atoms with E-state index in [-0.39, 0.29) is 0 Å². The zero-order valence-electron chi connectivity index (χ0n) is 12.0. The minimum absolute atomic E-state index is 0.533. The molecule has 0 radical (unpaired) electrons. The standard InChI is InChI=1S/C17H25ClO/c1-13(2)15-6-4-9-17(19,10-8-15)12-14-5-3-7-16(18)11-14/h3,5,7,11,13,15,19H,4,6,8-10,12H2,1-2H3. The van der Waals surface area contributed by atoms with Gasteiger partial charge in [-0.15, -0.1) is 0 Å². The van der Waals surface area contributed by atoms with Gasteiger partial charge >= 0.3 is 0 Å². The molecule has 2 atom stereocenters. The van der Waals surface area contributed by atoms with E-state index in [1.807, 2.05) is 18.2 Å². The summed E-state index contributed by atoms with van der Waals surface area (Å²) in [5.41, 5.74) is 0.618. The van der Waals surface area contributed by atoms with Crippen molar-refractivity contribution in [1.29, 1.82) is 0 Å². The van der Waals surface area contributed by atoms with Crippen molar-refractivity contribution in [1.82, 2.24) is 0 Å². The molecule has 0 bridgehead atoms. The van der Waals surface area contributed by atoms with Crippen LogP contribution in [-0.4, -0.2) is 10.7 Å². The summed E-state index contributed by atoms with van der Waals surface area (Å²) < 4.78 is 0. The van der Waals surface area contributed by atoms with Crippen molar-refractivity contribution in [3.63, 3.8) is 0 Å². The van der Waals surface area contributed by atoms with Crippen molar-refractivity contribution in [2.45, 2.75) is 58.0 Å². The Bertz CT molecular complexity index is 415. The topological polar surface area (TPSA) is 20.2 Å². The molecule has 0 amide bonds. The Morgan fingerprint density at radius 2 is 2.11 bits per heavy atom. The van der Waals surface area contributed by atoms with Gasteiger partial charge in [0.1, 0.15) is 0 Å². The third-order valence-corrected chi connectivity index (χ3v) is 4.80. The monoisotopic (exact) mass is 280 g/mol. The molecular formula is C17H25ClO. The molecule has 0 spiro atoms. The molecule has 0 aliphatic heterocycles. The zero-order valence-corrected chi connectivity index (χ0v) is 12.8. The maximum Gasteiger partial charge on any atom is 0.0688 e. The van der Waals surface area contributed by atoms with Crippen LogP contribution < -0.4 is 0 Å². The van der Waals surface area contributed by atoms with Gasteiger partial charge in [0.05, 0.1) is 5.60 Å². The van der Waals surface area contributed by atoms with Crippen LogP contribution in [0, 0.1) is 11.8 Å². The molecule has 0 aromatic heterocycles. The third kappa shape index (κ3) is 4.22. The van der Waals surface area contributed by atoms with Gasteiger partial charge in [-0.25, -0.2) is 0 Å². The molecule has 1 fully saturated rings. The number of hydrogen-bond acceptors (Lipinski definition) is 1. The van der Waals surface area contributed by atoms with Gasteiger partial charge in [-0.05, 0) is 48.8 Å². The molecular weight excluding hydrogens is 256 g/mol. The van der Waals surface area contributed by atoms with Gasteiger partial charge in [-0.3, -0.25) is 0 Å². The first-order chi connectivity index (χ1) is 8.98. The van der Waals surface area contributed by atoms with Gasteiger partial charge in [0.2, 0.25) is 0 Å². The van der Waals surface area contributed by atoms with Crippen LogP contribution in [0.3, 0.4) is 0 Å². The molecule has 19 heavy (non-hydrogen) atoms. The lowest BCUT2D eigenvalue weighted by atomic mass is 9.85. The average Bonchev–Trinajstić information content (AvgIpc) is 2.51. The number of rotatable bonds is 3. The molecule has 0 heterocycles. The van der Waals surface area contributed by atoms with Crippen LogP contribution in [-0.2, 0) is 6.42 Å². The second kappa shape index (κ2) is 6.28. The van der Waals surface area contributed by atoms with Gasteiger partial charge in [-0.1, -0.05) is 50.4 Å². The summed E-state index contributed by atoms with van der Waals surface area (Å²) in [6.45, 7) is 4.60. The van der Waals surface area contributed by atoms with E-state index in [1.165, 1.54) is 6.42 Å². The maximum absolute atomic E-state index is 10.9. The Morgan fingerprint density at radius 1 is 1.32 bits per heavy atom. The number of halogens is 1. The van der Waals surface area contributed by atoms with Crippen LogP contribution >= 0.6 is 11.6 Å². The lowest BCUT2D eigenvalue weighted by Gasteiger charge is -2.27. The second-order valence-corrected chi connectivity index (χ2v) is 6.90. The lowest BCUT2D eigenvalue weighted by Crippen LogP contribution is -2.30. The van der Waals surface area contributed by atoms with E-state index in [9.17, 15) is 5.11 Å². The predicted molar refractivity (Wildman–Crippen MR) is 81.5 cm³/mol. The van der Waals surface area contributed by atoms with Crippen LogP contribution in [0.2, 0.25) is 5.02 Å². The molecule has 1 aromatic carbocycles. The fraction of sp³-hybridized carbons (Fsp3) is 0.647. The highest BCUT2D eigenvalue weighted by atomic mass is 35.5. The highest BCUT2D eigenvalue weighted by molar-refractivity contribution is 6.30. The quantitative estimate of drug-likeness (QED) is 0.785. The molecule has 1 N–H and O–H groups in total. The first-order valence-electron chi connectivity index (χ1n) is 7.45. The van der Waals surface area contributed by atoms with E-state index in [2.05, 4.69) is 19.9 Å². The highest BCUT2D eigenvalue weighted by Crippen LogP contribution is 2.36. The van der Waals surface area contributed by atoms with Gasteiger partial charge < -0.3 is 5.11 Å². The summed E-state index contributed by atoms with van der Waals surface area (Å²) in [6, 6.07) is 7.89. The molecule has 106 valence electrons. The second-order valence-electron chi connectivity index (χ2n) is 6.47. The van der Waals surface area contributed by atoms with Crippen LogP contribution in [0.1, 0.15) is 51.5 Å². The fourth-order valence-electron chi connectivity index (χ4n) is 3.29. The van der Waals surface area contributed by atoms with Crippen LogP contribution in [0.15, 0.2) is 24.3 Å². The van der Waals surface area contributed by atoms with Crippen molar-refractivity contribution < 1.29 is 5.11 Å². The molecule has 2 unspecified atom stereocenters. The van der Waals surface area contributed by atoms with E-state index in [1.54, 1.807) is 0 Å². The minimum atomic E-state index is -0.533. The Hall–Kier alpha value is -0.530. The Kier molecular flexibility index (Phi) is 4.92. The first kappa shape index (κ1) is 14.9. The van der Waals surface area contributed by atoms with E-state index in [4.69, 9.17) is 11.6 Å². The SMILES string of the molecule is CC(C)C1CCCC(O)(Cc2cccc(Cl)c2)CC1. The van der Waals surface area contributed by atoms with Gasteiger partial charge in [0.15, 0.2) is 0 Å². The predicted octanol–water partition coefficient (Wildman–Crippen LogP) is 4.85. The maximum atomic E-state index is 10.9. The van der Waals surface area contributed by atoms with Crippen LogP contribution in [0.5, 0.6) is 0 Å². The van der Waals surface area contributed by atoms with Gasteiger partial charge in [0, 0.05) is 11.4 Å². The fourth-order valence-corrected chi connectivity index (χ4v) is 3.50. The van der Waals surface area contributed by atoms with E-state index >= 15 is 0 Å². The van der Waals surface area contributed by atoms with E-state index in [0.717, 1.165) is 54.5 Å². The smallest absolute Gasteiger partial charge is 0.0688 e. The summed E-state index contributed by atoms with van der Waals surface area (Å²) >= 11 is 6.02. The summed E-state index contributed by atoms with van der Waals surface area (Å²) in [5.74, 6) is 1.50. The molecule has 1 aliphatic carbocycles. The zero-order chi connectivity index (χ0) is 13.9. The number of aliphatic hydroxyl groups is 1. The van der Waals surface area contributed by atoms with Gasteiger partial charge in [0.25, 0.3) is 0 Å². The van der Waals surface area contributed by atoms with Crippen LogP contribution in [0.4, 0.5) is 0 Å². The lowest BCUT2D eigenvalue weighted by molar-refractivity contribution is 0.0237. The molecule has 0 saturated heterocycles. The van der Waals surface area contributed by atoms with Crippen molar-refractivity contribution in [3.05, 3.63) is 34.9 Å². The molecule has 1 saturated carbocycles. The Labute approximate surface area is 122 Å². The Balaban J connectivity index is 2.02. The summed E-state index contributed by atoms with van der Waals surface area (Å²) in [4.78, 5) is 0. The largest absolute Gasteiger partial charge is 0.390 e. The molecule has 1 nitrogen and oxygen atoms in total. The van der Waals surface area contributed by atoms with Gasteiger partial charge in [-0.2, -0.15) is 0 Å². The average molecular weight is 281 g/mol. The highest BCUT2D eigenvalue weighted by Gasteiger charge is 2.31. The van der Waals surface area contributed by atoms with Crippen molar-refractivity contribution in [2.75, 3.05) is 0 Å². The summed E-state index contributed by atoms with van der Waals surface area (Å²) in [5, 5.41) is 11.6. The Morgan fingerprint density at radius 3 is 2.79 bits per heavy atom.